The first-order valence-corrected chi connectivity index (χ1v) is 9.42. The van der Waals surface area contributed by atoms with Gasteiger partial charge in [-0.1, -0.05) is 42.5 Å². The summed E-state index contributed by atoms with van der Waals surface area (Å²) in [5.74, 6) is -0.487. The van der Waals surface area contributed by atoms with Crippen molar-refractivity contribution in [1.82, 2.24) is 15.2 Å². The van der Waals surface area contributed by atoms with Crippen LogP contribution in [0.1, 0.15) is 24.0 Å². The summed E-state index contributed by atoms with van der Waals surface area (Å²) in [4.78, 5) is 17.8. The van der Waals surface area contributed by atoms with Crippen molar-refractivity contribution in [2.75, 3.05) is 13.1 Å². The molecule has 0 aliphatic carbocycles. The minimum Gasteiger partial charge on any atom is -0.361 e. The highest BCUT2D eigenvalue weighted by Crippen LogP contribution is 2.29. The van der Waals surface area contributed by atoms with E-state index in [2.05, 4.69) is 33.4 Å². The summed E-state index contributed by atoms with van der Waals surface area (Å²) in [5, 5.41) is 3.96. The average Bonchev–Trinajstić information content (AvgIpc) is 3.19. The fourth-order valence-electron chi connectivity index (χ4n) is 3.76. The van der Waals surface area contributed by atoms with E-state index in [-0.39, 0.29) is 12.8 Å². The topological polar surface area (TPSA) is 48.1 Å². The number of aromatic amines is 1. The molecule has 2 N–H and O–H groups in total. The van der Waals surface area contributed by atoms with Crippen molar-refractivity contribution in [1.29, 1.82) is 0 Å². The number of rotatable bonds is 5. The maximum Gasteiger partial charge on any atom is 0.258 e. The molecule has 1 aromatic heterocycles. The Balaban J connectivity index is 1.33. The number of piperidine rings is 1. The van der Waals surface area contributed by atoms with Crippen molar-refractivity contribution in [2.45, 2.75) is 31.6 Å². The lowest BCUT2D eigenvalue weighted by Crippen LogP contribution is -2.50. The van der Waals surface area contributed by atoms with Crippen LogP contribution >= 0.6 is 0 Å². The minimum absolute atomic E-state index is 0.233. The van der Waals surface area contributed by atoms with Gasteiger partial charge in [0.15, 0.2) is 5.67 Å². The van der Waals surface area contributed by atoms with Crippen molar-refractivity contribution in [3.8, 4) is 0 Å². The minimum atomic E-state index is -1.77. The molecular formula is C22H24FN3O. The first-order chi connectivity index (χ1) is 13.1. The molecule has 1 fully saturated rings. The molecule has 3 aromatic rings. The molecule has 2 heterocycles. The van der Waals surface area contributed by atoms with Gasteiger partial charge in [-0.2, -0.15) is 0 Å². The van der Waals surface area contributed by atoms with Gasteiger partial charge in [-0.25, -0.2) is 4.39 Å². The van der Waals surface area contributed by atoms with E-state index in [1.165, 1.54) is 10.9 Å². The largest absolute Gasteiger partial charge is 0.361 e. The zero-order valence-corrected chi connectivity index (χ0v) is 15.2. The molecule has 1 saturated heterocycles. The Labute approximate surface area is 158 Å². The van der Waals surface area contributed by atoms with E-state index in [0.29, 0.717) is 19.6 Å². The number of likely N-dealkylation sites (tertiary alicyclic amines) is 1. The first-order valence-electron chi connectivity index (χ1n) is 9.42. The number of fused-ring (bicyclic) bond motifs is 1. The molecule has 4 nitrogen and oxygen atoms in total. The van der Waals surface area contributed by atoms with E-state index < -0.39 is 11.6 Å². The Hall–Kier alpha value is -2.66. The number of halogens is 1. The molecule has 1 aliphatic heterocycles. The van der Waals surface area contributed by atoms with Crippen LogP contribution in [-0.4, -0.2) is 34.5 Å². The highest BCUT2D eigenvalue weighted by molar-refractivity contribution is 5.85. The normalized spacial score (nSPS) is 17.1. The van der Waals surface area contributed by atoms with E-state index in [4.69, 9.17) is 0 Å². The van der Waals surface area contributed by atoms with Gasteiger partial charge in [0.05, 0.1) is 0 Å². The molecule has 27 heavy (non-hydrogen) atoms. The maximum absolute atomic E-state index is 15.1. The van der Waals surface area contributed by atoms with Gasteiger partial charge < -0.3 is 10.3 Å². The summed E-state index contributed by atoms with van der Waals surface area (Å²) < 4.78 is 15.1. The van der Waals surface area contributed by atoms with Gasteiger partial charge in [-0.15, -0.1) is 0 Å². The van der Waals surface area contributed by atoms with Crippen LogP contribution in [0.4, 0.5) is 4.39 Å². The SMILES string of the molecule is O=C(NCc1ccccc1)C1(F)CCN(Cc2cccc3[nH]ccc23)CC1. The molecular weight excluding hydrogens is 341 g/mol. The highest BCUT2D eigenvalue weighted by Gasteiger charge is 2.41. The second-order valence-corrected chi connectivity index (χ2v) is 7.27. The summed E-state index contributed by atoms with van der Waals surface area (Å²) in [6, 6.07) is 17.9. The summed E-state index contributed by atoms with van der Waals surface area (Å²) in [6.45, 7) is 2.30. The van der Waals surface area contributed by atoms with E-state index in [9.17, 15) is 4.79 Å². The van der Waals surface area contributed by atoms with Crippen molar-refractivity contribution in [2.24, 2.45) is 0 Å². The standard InChI is InChI=1S/C22H24FN3O/c23-22(21(27)25-15-17-5-2-1-3-6-17)10-13-26(14-11-22)16-18-7-4-8-20-19(18)9-12-24-20/h1-9,12,24H,10-11,13-16H2,(H,25,27). The van der Waals surface area contributed by atoms with Gasteiger partial charge in [0, 0.05) is 56.1 Å². The quantitative estimate of drug-likeness (QED) is 0.723. The molecule has 5 heteroatoms. The van der Waals surface area contributed by atoms with Crippen LogP contribution in [0.15, 0.2) is 60.8 Å². The molecule has 0 saturated carbocycles. The summed E-state index contributed by atoms with van der Waals surface area (Å²) in [7, 11) is 0. The van der Waals surface area contributed by atoms with E-state index in [1.54, 1.807) is 0 Å². The van der Waals surface area contributed by atoms with Gasteiger partial charge in [-0.3, -0.25) is 9.69 Å². The fraction of sp³-hybridized carbons (Fsp3) is 0.318. The molecule has 0 atom stereocenters. The van der Waals surface area contributed by atoms with Crippen molar-refractivity contribution >= 4 is 16.8 Å². The van der Waals surface area contributed by atoms with Crippen LogP contribution in [-0.2, 0) is 17.9 Å². The predicted octanol–water partition coefficient (Wildman–Crippen LogP) is 3.79. The third-order valence-corrected chi connectivity index (χ3v) is 5.43. The number of carbonyl (C=O) groups excluding carboxylic acids is 1. The van der Waals surface area contributed by atoms with Gasteiger partial charge in [0.25, 0.3) is 5.91 Å². The maximum atomic E-state index is 15.1. The lowest BCUT2D eigenvalue weighted by Gasteiger charge is -2.35. The number of hydrogen-bond acceptors (Lipinski definition) is 2. The second-order valence-electron chi connectivity index (χ2n) is 7.27. The number of aromatic nitrogens is 1. The smallest absolute Gasteiger partial charge is 0.258 e. The van der Waals surface area contributed by atoms with Gasteiger partial charge in [0.1, 0.15) is 0 Å². The first kappa shape index (κ1) is 17.7. The van der Waals surface area contributed by atoms with Crippen molar-refractivity contribution in [3.63, 3.8) is 0 Å². The lowest BCUT2D eigenvalue weighted by atomic mass is 9.92. The van der Waals surface area contributed by atoms with Crippen molar-refractivity contribution in [3.05, 3.63) is 71.9 Å². The molecule has 0 spiro atoms. The summed E-state index contributed by atoms with van der Waals surface area (Å²) in [6.07, 6.45) is 2.40. The van der Waals surface area contributed by atoms with Gasteiger partial charge in [0.2, 0.25) is 0 Å². The molecule has 2 aromatic carbocycles. The van der Waals surface area contributed by atoms with Gasteiger partial charge >= 0.3 is 0 Å². The number of H-pyrrole nitrogens is 1. The van der Waals surface area contributed by atoms with Crippen LogP contribution in [0.3, 0.4) is 0 Å². The van der Waals surface area contributed by atoms with Crippen LogP contribution in [0, 0.1) is 0 Å². The fourth-order valence-corrected chi connectivity index (χ4v) is 3.76. The monoisotopic (exact) mass is 365 g/mol. The Bertz CT molecular complexity index is 913. The highest BCUT2D eigenvalue weighted by atomic mass is 19.1. The molecule has 4 rings (SSSR count). The molecule has 0 radical (unpaired) electrons. The number of hydrogen-bond donors (Lipinski definition) is 2. The Morgan fingerprint density at radius 1 is 1.07 bits per heavy atom. The number of nitrogens with zero attached hydrogens (tertiary/aromatic N) is 1. The van der Waals surface area contributed by atoms with E-state index in [0.717, 1.165) is 17.6 Å². The Kier molecular flexibility index (Phi) is 4.94. The molecule has 1 aliphatic rings. The van der Waals surface area contributed by atoms with Crippen LogP contribution < -0.4 is 5.32 Å². The summed E-state index contributed by atoms with van der Waals surface area (Å²) in [5.41, 5.74) is 1.55. The van der Waals surface area contributed by atoms with Crippen LogP contribution in [0.5, 0.6) is 0 Å². The van der Waals surface area contributed by atoms with Gasteiger partial charge in [-0.05, 0) is 23.3 Å². The zero-order chi connectivity index (χ0) is 18.7. The molecule has 140 valence electrons. The Morgan fingerprint density at radius 2 is 1.85 bits per heavy atom. The predicted molar refractivity (Wildman–Crippen MR) is 105 cm³/mol. The van der Waals surface area contributed by atoms with Crippen molar-refractivity contribution < 1.29 is 9.18 Å². The number of carbonyl (C=O) groups is 1. The number of alkyl halides is 1. The molecule has 0 unspecified atom stereocenters. The summed E-state index contributed by atoms with van der Waals surface area (Å²) >= 11 is 0. The second kappa shape index (κ2) is 7.53. The van der Waals surface area contributed by atoms with E-state index >= 15 is 4.39 Å². The van der Waals surface area contributed by atoms with E-state index in [1.807, 2.05) is 42.6 Å². The van der Waals surface area contributed by atoms with Crippen LogP contribution in [0.2, 0.25) is 0 Å². The third-order valence-electron chi connectivity index (χ3n) is 5.43. The third kappa shape index (κ3) is 3.88. The molecule has 0 bridgehead atoms. The number of benzene rings is 2. The average molecular weight is 365 g/mol. The Morgan fingerprint density at radius 3 is 2.63 bits per heavy atom. The number of amides is 1. The lowest BCUT2D eigenvalue weighted by molar-refractivity contribution is -0.136. The molecule has 1 amide bonds. The van der Waals surface area contributed by atoms with Crippen LogP contribution in [0.25, 0.3) is 10.9 Å². The number of nitrogens with one attached hydrogen (secondary N) is 2. The zero-order valence-electron chi connectivity index (χ0n) is 15.2.